The van der Waals surface area contributed by atoms with Crippen molar-refractivity contribution < 1.29 is 9.84 Å². The van der Waals surface area contributed by atoms with Crippen LogP contribution in [0.4, 0.5) is 0 Å². The van der Waals surface area contributed by atoms with Crippen molar-refractivity contribution in [3.63, 3.8) is 0 Å². The lowest BCUT2D eigenvalue weighted by atomic mass is 10.2. The maximum Gasteiger partial charge on any atom is 0.0925 e. The quantitative estimate of drug-likeness (QED) is 0.605. The Morgan fingerprint density at radius 3 is 3.00 bits per heavy atom. The molecule has 0 saturated heterocycles. The Hall–Kier alpha value is -0.910. The second-order valence-corrected chi connectivity index (χ2v) is 3.52. The molecule has 5 heteroatoms. The molecule has 1 rings (SSSR count). The van der Waals surface area contributed by atoms with Crippen LogP contribution in [0.15, 0.2) is 6.33 Å². The summed E-state index contributed by atoms with van der Waals surface area (Å²) in [5.41, 5.74) is 2.08. The predicted octanol–water partition coefficient (Wildman–Crippen LogP) is 0.205. The van der Waals surface area contributed by atoms with E-state index < -0.39 is 0 Å². The minimum absolute atomic E-state index is 0.167. The maximum absolute atomic E-state index is 8.86. The first kappa shape index (κ1) is 12.2. The van der Waals surface area contributed by atoms with Crippen molar-refractivity contribution in [2.24, 2.45) is 0 Å². The van der Waals surface area contributed by atoms with Crippen LogP contribution in [0.1, 0.15) is 17.8 Å². The third-order valence-electron chi connectivity index (χ3n) is 2.34. The Bertz CT molecular complexity index is 269. The number of ether oxygens (including phenoxy) is 1. The molecule has 0 aliphatic carbocycles. The number of nitrogens with one attached hydrogen (secondary N) is 2. The first-order chi connectivity index (χ1) is 7.27. The fraction of sp³-hybridized carbons (Fsp3) is 0.700. The molecule has 86 valence electrons. The average molecular weight is 213 g/mol. The van der Waals surface area contributed by atoms with Crippen LogP contribution in [0.25, 0.3) is 0 Å². The van der Waals surface area contributed by atoms with E-state index in [1.54, 1.807) is 13.4 Å². The van der Waals surface area contributed by atoms with Gasteiger partial charge in [0.25, 0.3) is 0 Å². The summed E-state index contributed by atoms with van der Waals surface area (Å²) in [6.45, 7) is 3.45. The highest BCUT2D eigenvalue weighted by molar-refractivity contribution is 5.08. The molecular weight excluding hydrogens is 194 g/mol. The lowest BCUT2D eigenvalue weighted by Gasteiger charge is -2.16. The minimum atomic E-state index is 0.167. The number of hydrogen-bond donors (Lipinski definition) is 3. The highest BCUT2D eigenvalue weighted by Crippen LogP contribution is 2.01. The number of aryl methyl sites for hydroxylation is 1. The summed E-state index contributed by atoms with van der Waals surface area (Å²) in [4.78, 5) is 7.21. The number of imidazole rings is 1. The van der Waals surface area contributed by atoms with Crippen LogP contribution in [0.2, 0.25) is 0 Å². The molecule has 3 N–H and O–H groups in total. The zero-order valence-electron chi connectivity index (χ0n) is 9.29. The average Bonchev–Trinajstić information content (AvgIpc) is 2.61. The van der Waals surface area contributed by atoms with Crippen LogP contribution in [0, 0.1) is 6.92 Å². The first-order valence-corrected chi connectivity index (χ1v) is 5.10. The molecule has 1 unspecified atom stereocenters. The van der Waals surface area contributed by atoms with E-state index in [2.05, 4.69) is 15.3 Å². The summed E-state index contributed by atoms with van der Waals surface area (Å²) in [6, 6.07) is 0.177. The van der Waals surface area contributed by atoms with Crippen LogP contribution in [0.3, 0.4) is 0 Å². The zero-order chi connectivity index (χ0) is 11.1. The number of aliphatic hydroxyl groups excluding tert-OH is 1. The number of aromatic nitrogens is 2. The highest BCUT2D eigenvalue weighted by Gasteiger charge is 2.08. The van der Waals surface area contributed by atoms with Gasteiger partial charge in [-0.15, -0.1) is 0 Å². The van der Waals surface area contributed by atoms with Crippen molar-refractivity contribution in [1.29, 1.82) is 0 Å². The SMILES string of the molecule is COCC(CCO)NCc1nc[nH]c1C. The molecule has 1 heterocycles. The highest BCUT2D eigenvalue weighted by atomic mass is 16.5. The van der Waals surface area contributed by atoms with E-state index in [0.717, 1.165) is 11.4 Å². The van der Waals surface area contributed by atoms with Gasteiger partial charge in [-0.05, 0) is 13.3 Å². The summed E-state index contributed by atoms with van der Waals surface area (Å²) < 4.78 is 5.05. The summed E-state index contributed by atoms with van der Waals surface area (Å²) in [5.74, 6) is 0. The summed E-state index contributed by atoms with van der Waals surface area (Å²) in [6.07, 6.45) is 2.38. The molecule has 0 aromatic carbocycles. The van der Waals surface area contributed by atoms with Crippen molar-refractivity contribution in [3.05, 3.63) is 17.7 Å². The van der Waals surface area contributed by atoms with Gasteiger partial charge in [0.05, 0.1) is 18.6 Å². The van der Waals surface area contributed by atoms with Crippen molar-refractivity contribution in [3.8, 4) is 0 Å². The van der Waals surface area contributed by atoms with Gasteiger partial charge in [0.1, 0.15) is 0 Å². The molecule has 0 bridgehead atoms. The Labute approximate surface area is 89.9 Å². The Kier molecular flexibility index (Phi) is 5.31. The summed E-state index contributed by atoms with van der Waals surface area (Å²) in [7, 11) is 1.66. The molecule has 1 atom stereocenters. The molecule has 0 aliphatic heterocycles. The van der Waals surface area contributed by atoms with E-state index in [-0.39, 0.29) is 12.6 Å². The normalized spacial score (nSPS) is 13.0. The van der Waals surface area contributed by atoms with Crippen molar-refractivity contribution in [1.82, 2.24) is 15.3 Å². The van der Waals surface area contributed by atoms with E-state index >= 15 is 0 Å². The van der Waals surface area contributed by atoms with Crippen LogP contribution in [-0.4, -0.2) is 41.4 Å². The zero-order valence-corrected chi connectivity index (χ0v) is 9.29. The van der Waals surface area contributed by atoms with Gasteiger partial charge in [-0.25, -0.2) is 4.98 Å². The summed E-state index contributed by atoms with van der Waals surface area (Å²) in [5, 5.41) is 12.2. The molecular formula is C10H19N3O2. The van der Waals surface area contributed by atoms with E-state index in [1.807, 2.05) is 6.92 Å². The maximum atomic E-state index is 8.86. The number of nitrogens with zero attached hydrogens (tertiary/aromatic N) is 1. The fourth-order valence-corrected chi connectivity index (χ4v) is 1.41. The molecule has 0 fully saturated rings. The Morgan fingerprint density at radius 1 is 1.67 bits per heavy atom. The number of hydrogen-bond acceptors (Lipinski definition) is 4. The molecule has 5 nitrogen and oxygen atoms in total. The van der Waals surface area contributed by atoms with Gasteiger partial charge >= 0.3 is 0 Å². The van der Waals surface area contributed by atoms with Gasteiger partial charge in [0, 0.05) is 32.0 Å². The molecule has 1 aromatic heterocycles. The van der Waals surface area contributed by atoms with E-state index in [4.69, 9.17) is 9.84 Å². The van der Waals surface area contributed by atoms with E-state index in [9.17, 15) is 0 Å². The largest absolute Gasteiger partial charge is 0.396 e. The van der Waals surface area contributed by atoms with Gasteiger partial charge < -0.3 is 20.1 Å². The van der Waals surface area contributed by atoms with Crippen LogP contribution < -0.4 is 5.32 Å². The minimum Gasteiger partial charge on any atom is -0.396 e. The number of aromatic amines is 1. The number of aliphatic hydroxyl groups is 1. The lowest BCUT2D eigenvalue weighted by Crippen LogP contribution is -2.33. The van der Waals surface area contributed by atoms with E-state index in [0.29, 0.717) is 19.6 Å². The monoisotopic (exact) mass is 213 g/mol. The predicted molar refractivity (Wildman–Crippen MR) is 57.5 cm³/mol. The fourth-order valence-electron chi connectivity index (χ4n) is 1.41. The third-order valence-corrected chi connectivity index (χ3v) is 2.34. The topological polar surface area (TPSA) is 70.2 Å². The Morgan fingerprint density at radius 2 is 2.47 bits per heavy atom. The molecule has 0 aliphatic rings. The van der Waals surface area contributed by atoms with Crippen LogP contribution in [-0.2, 0) is 11.3 Å². The molecule has 0 amide bonds. The second-order valence-electron chi connectivity index (χ2n) is 3.52. The molecule has 15 heavy (non-hydrogen) atoms. The van der Waals surface area contributed by atoms with Gasteiger partial charge in [0.15, 0.2) is 0 Å². The van der Waals surface area contributed by atoms with Gasteiger partial charge in [-0.3, -0.25) is 0 Å². The van der Waals surface area contributed by atoms with Gasteiger partial charge in [-0.2, -0.15) is 0 Å². The number of methoxy groups -OCH3 is 1. The Balaban J connectivity index is 2.36. The molecule has 0 saturated carbocycles. The van der Waals surface area contributed by atoms with Gasteiger partial charge in [-0.1, -0.05) is 0 Å². The third kappa shape index (κ3) is 3.99. The van der Waals surface area contributed by atoms with E-state index in [1.165, 1.54) is 0 Å². The van der Waals surface area contributed by atoms with Crippen molar-refractivity contribution in [2.45, 2.75) is 25.9 Å². The number of H-pyrrole nitrogens is 1. The summed E-state index contributed by atoms with van der Waals surface area (Å²) >= 11 is 0. The van der Waals surface area contributed by atoms with Crippen LogP contribution >= 0.6 is 0 Å². The first-order valence-electron chi connectivity index (χ1n) is 5.10. The van der Waals surface area contributed by atoms with Crippen molar-refractivity contribution in [2.75, 3.05) is 20.3 Å². The smallest absolute Gasteiger partial charge is 0.0925 e. The lowest BCUT2D eigenvalue weighted by molar-refractivity contribution is 0.148. The van der Waals surface area contributed by atoms with Crippen LogP contribution in [0.5, 0.6) is 0 Å². The molecule has 1 aromatic rings. The molecule has 0 spiro atoms. The standard InChI is InChI=1S/C10H19N3O2/c1-8-10(13-7-12-8)5-11-9(3-4-14)6-15-2/h7,9,11,14H,3-6H2,1-2H3,(H,12,13). The number of rotatable bonds is 7. The molecule has 0 radical (unpaired) electrons. The second kappa shape index (κ2) is 6.55. The van der Waals surface area contributed by atoms with Gasteiger partial charge in [0.2, 0.25) is 0 Å². The van der Waals surface area contributed by atoms with Crippen molar-refractivity contribution >= 4 is 0 Å².